The first-order chi connectivity index (χ1) is 8.31. The minimum atomic E-state index is 0.329. The molecule has 1 atom stereocenters. The molecule has 0 saturated carbocycles. The molecule has 1 unspecified atom stereocenters. The van der Waals surface area contributed by atoms with Gasteiger partial charge in [0.25, 0.3) is 0 Å². The first-order valence-corrected chi connectivity index (χ1v) is 7.04. The van der Waals surface area contributed by atoms with Crippen LogP contribution < -0.4 is 5.32 Å². The summed E-state index contributed by atoms with van der Waals surface area (Å²) >= 11 is 1.76. The van der Waals surface area contributed by atoms with Crippen molar-refractivity contribution in [2.24, 2.45) is 0 Å². The molecule has 0 aliphatic carbocycles. The minimum Gasteiger partial charge on any atom is -0.467 e. The van der Waals surface area contributed by atoms with Crippen LogP contribution in [0.3, 0.4) is 0 Å². The summed E-state index contributed by atoms with van der Waals surface area (Å²) in [4.78, 5) is 0. The Balaban J connectivity index is 2.00. The predicted octanol–water partition coefficient (Wildman–Crippen LogP) is 3.93. The highest BCUT2D eigenvalue weighted by atomic mass is 32.1. The van der Waals surface area contributed by atoms with Crippen molar-refractivity contribution in [3.05, 3.63) is 46.0 Å². The third-order valence-electron chi connectivity index (χ3n) is 2.97. The van der Waals surface area contributed by atoms with E-state index in [4.69, 9.17) is 4.42 Å². The summed E-state index contributed by atoms with van der Waals surface area (Å²) in [6, 6.07) is 4.56. The largest absolute Gasteiger partial charge is 0.467 e. The van der Waals surface area contributed by atoms with Crippen molar-refractivity contribution >= 4 is 11.3 Å². The summed E-state index contributed by atoms with van der Waals surface area (Å²) in [7, 11) is 0. The lowest BCUT2D eigenvalue weighted by molar-refractivity contribution is 0.399. The maximum atomic E-state index is 5.59. The van der Waals surface area contributed by atoms with Crippen molar-refractivity contribution in [1.82, 2.24) is 5.32 Å². The number of hydrogen-bond donors (Lipinski definition) is 1. The summed E-state index contributed by atoms with van der Waals surface area (Å²) in [5.74, 6) is 1.09. The van der Waals surface area contributed by atoms with Gasteiger partial charge >= 0.3 is 0 Å². The van der Waals surface area contributed by atoms with E-state index in [1.165, 1.54) is 11.1 Å². The Hall–Kier alpha value is -1.06. The first-order valence-electron chi connectivity index (χ1n) is 6.09. The molecule has 17 heavy (non-hydrogen) atoms. The molecule has 0 amide bonds. The van der Waals surface area contributed by atoms with Crippen LogP contribution in [0.25, 0.3) is 0 Å². The van der Waals surface area contributed by atoms with E-state index in [0.29, 0.717) is 6.04 Å². The van der Waals surface area contributed by atoms with Gasteiger partial charge in [-0.05, 0) is 60.3 Å². The van der Waals surface area contributed by atoms with Crippen molar-refractivity contribution < 1.29 is 4.42 Å². The Labute approximate surface area is 107 Å². The first kappa shape index (κ1) is 12.4. The van der Waals surface area contributed by atoms with E-state index in [2.05, 4.69) is 36.0 Å². The van der Waals surface area contributed by atoms with Crippen molar-refractivity contribution in [3.8, 4) is 0 Å². The standard InChI is InChI=1S/C14H19NOS/c1-3-15-13(14-11(2)6-8-16-14)5-4-12-7-9-17-10-12/h6-10,13,15H,3-5H2,1-2H3. The van der Waals surface area contributed by atoms with Crippen molar-refractivity contribution in [1.29, 1.82) is 0 Å². The van der Waals surface area contributed by atoms with Crippen LogP contribution in [0, 0.1) is 6.92 Å². The van der Waals surface area contributed by atoms with Crippen LogP contribution in [0.15, 0.2) is 33.6 Å². The minimum absolute atomic E-state index is 0.329. The number of rotatable bonds is 6. The second-order valence-corrected chi connectivity index (χ2v) is 5.03. The van der Waals surface area contributed by atoms with Crippen LogP contribution in [-0.2, 0) is 6.42 Å². The normalized spacial score (nSPS) is 12.8. The zero-order valence-electron chi connectivity index (χ0n) is 10.4. The van der Waals surface area contributed by atoms with Crippen LogP contribution in [0.5, 0.6) is 0 Å². The maximum Gasteiger partial charge on any atom is 0.123 e. The molecular formula is C14H19NOS. The summed E-state index contributed by atoms with van der Waals surface area (Å²) < 4.78 is 5.59. The highest BCUT2D eigenvalue weighted by Gasteiger charge is 2.15. The topological polar surface area (TPSA) is 25.2 Å². The maximum absolute atomic E-state index is 5.59. The molecule has 0 fully saturated rings. The molecule has 2 heterocycles. The number of aryl methyl sites for hydroxylation is 2. The number of furan rings is 1. The van der Waals surface area contributed by atoms with Crippen LogP contribution >= 0.6 is 11.3 Å². The van der Waals surface area contributed by atoms with Gasteiger partial charge in [-0.3, -0.25) is 0 Å². The summed E-state index contributed by atoms with van der Waals surface area (Å²) in [6.07, 6.45) is 3.96. The van der Waals surface area contributed by atoms with Crippen LogP contribution in [-0.4, -0.2) is 6.54 Å². The van der Waals surface area contributed by atoms with E-state index in [-0.39, 0.29) is 0 Å². The lowest BCUT2D eigenvalue weighted by Crippen LogP contribution is -2.21. The average Bonchev–Trinajstić information content (AvgIpc) is 2.95. The quantitative estimate of drug-likeness (QED) is 0.839. The smallest absolute Gasteiger partial charge is 0.123 e. The summed E-state index contributed by atoms with van der Waals surface area (Å²) in [5, 5.41) is 7.85. The molecule has 0 aromatic carbocycles. The zero-order chi connectivity index (χ0) is 12.1. The van der Waals surface area contributed by atoms with Crippen LogP contribution in [0.1, 0.15) is 36.3 Å². The van der Waals surface area contributed by atoms with Gasteiger partial charge in [0.2, 0.25) is 0 Å². The number of hydrogen-bond acceptors (Lipinski definition) is 3. The molecule has 0 aliphatic heterocycles. The number of nitrogens with one attached hydrogen (secondary N) is 1. The monoisotopic (exact) mass is 249 g/mol. The molecule has 0 radical (unpaired) electrons. The third kappa shape index (κ3) is 3.20. The second-order valence-electron chi connectivity index (χ2n) is 4.25. The number of thiophene rings is 1. The van der Waals surface area contributed by atoms with Crippen molar-refractivity contribution in [2.45, 2.75) is 32.7 Å². The van der Waals surface area contributed by atoms with E-state index in [1.807, 2.05) is 6.07 Å². The van der Waals surface area contributed by atoms with Gasteiger partial charge in [0.05, 0.1) is 12.3 Å². The molecule has 0 spiro atoms. The van der Waals surface area contributed by atoms with Gasteiger partial charge < -0.3 is 9.73 Å². The summed E-state index contributed by atoms with van der Waals surface area (Å²) in [6.45, 7) is 5.21. The van der Waals surface area contributed by atoms with E-state index < -0.39 is 0 Å². The third-order valence-corrected chi connectivity index (χ3v) is 3.70. The molecule has 2 aromatic rings. The van der Waals surface area contributed by atoms with Crippen molar-refractivity contribution in [2.75, 3.05) is 6.54 Å². The molecule has 0 aliphatic rings. The molecule has 92 valence electrons. The summed E-state index contributed by atoms with van der Waals surface area (Å²) in [5.41, 5.74) is 2.66. The Kier molecular flexibility index (Phi) is 4.40. The second kappa shape index (κ2) is 6.03. The van der Waals surface area contributed by atoms with Crippen LogP contribution in [0.2, 0.25) is 0 Å². The molecule has 3 heteroatoms. The van der Waals surface area contributed by atoms with E-state index in [9.17, 15) is 0 Å². The van der Waals surface area contributed by atoms with Crippen molar-refractivity contribution in [3.63, 3.8) is 0 Å². The Morgan fingerprint density at radius 2 is 2.29 bits per heavy atom. The fraction of sp³-hybridized carbons (Fsp3) is 0.429. The fourth-order valence-electron chi connectivity index (χ4n) is 2.06. The van der Waals surface area contributed by atoms with Gasteiger partial charge in [-0.25, -0.2) is 0 Å². The molecular weight excluding hydrogens is 230 g/mol. The van der Waals surface area contributed by atoms with Gasteiger partial charge in [0, 0.05) is 0 Å². The van der Waals surface area contributed by atoms with Gasteiger partial charge in [0.15, 0.2) is 0 Å². The SMILES string of the molecule is CCNC(CCc1ccsc1)c1occc1C. The molecule has 1 N–H and O–H groups in total. The molecule has 0 saturated heterocycles. The van der Waals surface area contributed by atoms with E-state index >= 15 is 0 Å². The highest BCUT2D eigenvalue weighted by molar-refractivity contribution is 7.07. The van der Waals surface area contributed by atoms with E-state index in [0.717, 1.165) is 25.1 Å². The molecule has 2 rings (SSSR count). The average molecular weight is 249 g/mol. The van der Waals surface area contributed by atoms with Gasteiger partial charge in [-0.2, -0.15) is 11.3 Å². The van der Waals surface area contributed by atoms with Gasteiger partial charge in [-0.1, -0.05) is 6.92 Å². The fourth-order valence-corrected chi connectivity index (χ4v) is 2.76. The Morgan fingerprint density at radius 1 is 1.41 bits per heavy atom. The lowest BCUT2D eigenvalue weighted by Gasteiger charge is -2.16. The van der Waals surface area contributed by atoms with Gasteiger partial charge in [0.1, 0.15) is 5.76 Å². The molecule has 2 nitrogen and oxygen atoms in total. The Bertz CT molecular complexity index is 433. The predicted molar refractivity (Wildman–Crippen MR) is 72.5 cm³/mol. The highest BCUT2D eigenvalue weighted by Crippen LogP contribution is 2.23. The zero-order valence-corrected chi connectivity index (χ0v) is 11.2. The Morgan fingerprint density at radius 3 is 2.88 bits per heavy atom. The van der Waals surface area contributed by atoms with E-state index in [1.54, 1.807) is 17.6 Å². The van der Waals surface area contributed by atoms with Gasteiger partial charge in [-0.15, -0.1) is 0 Å². The molecule has 0 bridgehead atoms. The van der Waals surface area contributed by atoms with Crippen LogP contribution in [0.4, 0.5) is 0 Å². The lowest BCUT2D eigenvalue weighted by atomic mass is 10.0. The molecule has 2 aromatic heterocycles.